The molecule has 0 radical (unpaired) electrons. The van der Waals surface area contributed by atoms with Crippen molar-refractivity contribution in [1.29, 1.82) is 0 Å². The van der Waals surface area contributed by atoms with Gasteiger partial charge in [0.1, 0.15) is 17.7 Å². The van der Waals surface area contributed by atoms with Crippen LogP contribution in [-0.2, 0) is 20.7 Å². The summed E-state index contributed by atoms with van der Waals surface area (Å²) in [5.74, 6) is 1.63. The van der Waals surface area contributed by atoms with Gasteiger partial charge in [0.05, 0.1) is 5.71 Å². The molecular formula is C31H32N2O3. The number of nitrogens with zero attached hydrogens (tertiary/aromatic N) is 1. The van der Waals surface area contributed by atoms with E-state index in [9.17, 15) is 9.59 Å². The third kappa shape index (κ3) is 7.95. The van der Waals surface area contributed by atoms with Gasteiger partial charge in [0.15, 0.2) is 0 Å². The first-order chi connectivity index (χ1) is 17.3. The van der Waals surface area contributed by atoms with Gasteiger partial charge in [-0.1, -0.05) is 91.0 Å². The molecule has 0 aromatic heterocycles. The van der Waals surface area contributed by atoms with Gasteiger partial charge in [-0.2, -0.15) is 0 Å². The molecule has 0 unspecified atom stereocenters. The van der Waals surface area contributed by atoms with Gasteiger partial charge < -0.3 is 10.1 Å². The number of hydrogen-bond donors (Lipinski definition) is 1. The van der Waals surface area contributed by atoms with E-state index < -0.39 is 29.6 Å². The molecule has 184 valence electrons. The molecule has 0 heterocycles. The smallest absolute Gasteiger partial charge is 0.329 e. The number of carbonyl (C=O) groups is 2. The van der Waals surface area contributed by atoms with E-state index in [0.717, 1.165) is 16.7 Å². The average molecular weight is 481 g/mol. The molecular weight excluding hydrogens is 448 g/mol. The number of hydrogen-bond acceptors (Lipinski definition) is 4. The molecule has 0 bridgehead atoms. The van der Waals surface area contributed by atoms with Crippen LogP contribution < -0.4 is 5.32 Å². The lowest BCUT2D eigenvalue weighted by Gasteiger charge is -2.25. The summed E-state index contributed by atoms with van der Waals surface area (Å²) in [7, 11) is 0. The zero-order valence-corrected chi connectivity index (χ0v) is 21.0. The Kier molecular flexibility index (Phi) is 9.19. The van der Waals surface area contributed by atoms with Crippen LogP contribution in [0.5, 0.6) is 0 Å². The first kappa shape index (κ1) is 26.4. The summed E-state index contributed by atoms with van der Waals surface area (Å²) in [5, 5.41) is 2.86. The van der Waals surface area contributed by atoms with Gasteiger partial charge in [-0.05, 0) is 26.3 Å². The summed E-state index contributed by atoms with van der Waals surface area (Å²) in [6.45, 7) is 5.39. The lowest BCUT2D eigenvalue weighted by Crippen LogP contribution is -2.48. The topological polar surface area (TPSA) is 67.8 Å². The Morgan fingerprint density at radius 3 is 1.86 bits per heavy atom. The van der Waals surface area contributed by atoms with Gasteiger partial charge in [0.2, 0.25) is 5.91 Å². The molecule has 1 amide bonds. The van der Waals surface area contributed by atoms with Gasteiger partial charge in [-0.25, -0.2) is 4.79 Å². The zero-order valence-electron chi connectivity index (χ0n) is 21.0. The van der Waals surface area contributed by atoms with Crippen LogP contribution in [0.15, 0.2) is 96.0 Å². The van der Waals surface area contributed by atoms with E-state index in [-0.39, 0.29) is 12.8 Å². The van der Waals surface area contributed by atoms with E-state index >= 15 is 0 Å². The number of rotatable bonds is 9. The van der Waals surface area contributed by atoms with Crippen molar-refractivity contribution in [3.05, 3.63) is 108 Å². The van der Waals surface area contributed by atoms with E-state index in [1.54, 1.807) is 20.8 Å². The SMILES string of the molecule is C#CC[C@@H](N=C(c1ccccc1)c1ccccc1)C(=O)N[C@@H](Cc1ccccc1)C(=O)OC(C)(C)C. The molecule has 5 nitrogen and oxygen atoms in total. The Balaban J connectivity index is 1.93. The molecule has 0 aliphatic rings. The number of carbonyl (C=O) groups excluding carboxylic acids is 2. The Labute approximate surface area is 213 Å². The van der Waals surface area contributed by atoms with Crippen LogP contribution >= 0.6 is 0 Å². The van der Waals surface area contributed by atoms with E-state index in [1.807, 2.05) is 91.0 Å². The maximum atomic E-state index is 13.5. The second-order valence-corrected chi connectivity index (χ2v) is 9.42. The highest BCUT2D eigenvalue weighted by atomic mass is 16.6. The highest BCUT2D eigenvalue weighted by Gasteiger charge is 2.29. The quantitative estimate of drug-likeness (QED) is 0.267. The van der Waals surface area contributed by atoms with Crippen molar-refractivity contribution >= 4 is 17.6 Å². The molecule has 3 aromatic rings. The minimum absolute atomic E-state index is 0.0847. The van der Waals surface area contributed by atoms with Crippen molar-refractivity contribution in [2.45, 2.75) is 51.3 Å². The fourth-order valence-corrected chi connectivity index (χ4v) is 3.66. The van der Waals surface area contributed by atoms with Gasteiger partial charge in [0.25, 0.3) is 0 Å². The molecule has 5 heteroatoms. The summed E-state index contributed by atoms with van der Waals surface area (Å²) < 4.78 is 5.60. The molecule has 0 saturated carbocycles. The van der Waals surface area contributed by atoms with E-state index in [1.165, 1.54) is 0 Å². The largest absolute Gasteiger partial charge is 0.458 e. The van der Waals surface area contributed by atoms with Crippen molar-refractivity contribution in [2.75, 3.05) is 0 Å². The number of benzene rings is 3. The van der Waals surface area contributed by atoms with Crippen LogP contribution in [-0.4, -0.2) is 35.3 Å². The first-order valence-corrected chi connectivity index (χ1v) is 12.0. The predicted molar refractivity (Wildman–Crippen MR) is 144 cm³/mol. The molecule has 0 spiro atoms. The molecule has 0 fully saturated rings. The van der Waals surface area contributed by atoms with E-state index in [0.29, 0.717) is 5.71 Å². The van der Waals surface area contributed by atoms with E-state index in [4.69, 9.17) is 16.2 Å². The number of ether oxygens (including phenoxy) is 1. The Bertz CT molecular complexity index is 1170. The van der Waals surface area contributed by atoms with Crippen LogP contribution in [0, 0.1) is 12.3 Å². The van der Waals surface area contributed by atoms with Crippen molar-refractivity contribution in [1.82, 2.24) is 5.32 Å². The second-order valence-electron chi connectivity index (χ2n) is 9.42. The fraction of sp³-hybridized carbons (Fsp3) is 0.258. The summed E-state index contributed by atoms with van der Waals surface area (Å²) >= 11 is 0. The van der Waals surface area contributed by atoms with Gasteiger partial charge >= 0.3 is 5.97 Å². The van der Waals surface area contributed by atoms with Crippen LogP contribution in [0.1, 0.15) is 43.9 Å². The van der Waals surface area contributed by atoms with Crippen molar-refractivity contribution in [3.8, 4) is 12.3 Å². The minimum atomic E-state index is -0.883. The highest BCUT2D eigenvalue weighted by molar-refractivity contribution is 6.13. The first-order valence-electron chi connectivity index (χ1n) is 12.0. The number of terminal acetylenes is 1. The standard InChI is InChI=1S/C31H32N2O3/c1-5-15-26(32-28(24-18-11-7-12-19-24)25-20-13-8-14-21-25)29(34)33-27(30(35)36-31(2,3)4)22-23-16-9-6-10-17-23/h1,6-14,16-21,26-27H,15,22H2,2-4H3,(H,33,34)/t26-,27+/m1/s1. The summed E-state index contributed by atoms with van der Waals surface area (Å²) in [5.41, 5.74) is 2.60. The molecule has 36 heavy (non-hydrogen) atoms. The van der Waals surface area contributed by atoms with Crippen molar-refractivity contribution < 1.29 is 14.3 Å². The van der Waals surface area contributed by atoms with Gasteiger partial charge in [-0.15, -0.1) is 12.3 Å². The van der Waals surface area contributed by atoms with Crippen molar-refractivity contribution in [3.63, 3.8) is 0 Å². The lowest BCUT2D eigenvalue weighted by molar-refractivity contribution is -0.158. The zero-order chi connectivity index (χ0) is 26.0. The molecule has 2 atom stereocenters. The monoisotopic (exact) mass is 480 g/mol. The maximum absolute atomic E-state index is 13.5. The Hall–Kier alpha value is -4.17. The fourth-order valence-electron chi connectivity index (χ4n) is 3.66. The van der Waals surface area contributed by atoms with Crippen LogP contribution in [0.25, 0.3) is 0 Å². The molecule has 0 saturated heterocycles. The second kappa shape index (κ2) is 12.5. The molecule has 1 N–H and O–H groups in total. The molecule has 0 aliphatic heterocycles. The summed E-state index contributed by atoms with van der Waals surface area (Å²) in [6.07, 6.45) is 6.00. The molecule has 3 aromatic carbocycles. The van der Waals surface area contributed by atoms with E-state index in [2.05, 4.69) is 11.2 Å². The Morgan fingerprint density at radius 1 is 0.889 bits per heavy atom. The minimum Gasteiger partial charge on any atom is -0.458 e. The van der Waals surface area contributed by atoms with Crippen LogP contribution in [0.3, 0.4) is 0 Å². The normalized spacial score (nSPS) is 12.5. The predicted octanol–water partition coefficient (Wildman–Crippen LogP) is 4.99. The number of esters is 1. The third-order valence-corrected chi connectivity index (χ3v) is 5.28. The Morgan fingerprint density at radius 2 is 1.39 bits per heavy atom. The highest BCUT2D eigenvalue weighted by Crippen LogP contribution is 2.15. The van der Waals surface area contributed by atoms with Gasteiger partial charge in [0, 0.05) is 24.0 Å². The number of amides is 1. The number of aliphatic imine (C=N–C) groups is 1. The molecule has 3 rings (SSSR count). The number of nitrogens with one attached hydrogen (secondary N) is 1. The summed E-state index contributed by atoms with van der Waals surface area (Å²) in [6, 6.07) is 27.0. The summed E-state index contributed by atoms with van der Waals surface area (Å²) in [4.78, 5) is 31.3. The maximum Gasteiger partial charge on any atom is 0.329 e. The van der Waals surface area contributed by atoms with Crippen LogP contribution in [0.2, 0.25) is 0 Å². The van der Waals surface area contributed by atoms with Gasteiger partial charge in [-0.3, -0.25) is 9.79 Å². The van der Waals surface area contributed by atoms with Crippen molar-refractivity contribution in [2.24, 2.45) is 4.99 Å². The third-order valence-electron chi connectivity index (χ3n) is 5.28. The molecule has 0 aliphatic carbocycles. The lowest BCUT2D eigenvalue weighted by atomic mass is 10.0. The van der Waals surface area contributed by atoms with Crippen LogP contribution in [0.4, 0.5) is 0 Å². The average Bonchev–Trinajstić information content (AvgIpc) is 2.86.